The van der Waals surface area contributed by atoms with Crippen molar-refractivity contribution in [3.63, 3.8) is 0 Å². The topological polar surface area (TPSA) is 66.4 Å². The number of benzene rings is 1. The van der Waals surface area contributed by atoms with Crippen molar-refractivity contribution < 1.29 is 14.7 Å². The number of hydrogen-bond acceptors (Lipinski definition) is 2. The summed E-state index contributed by atoms with van der Waals surface area (Å²) in [4.78, 5) is 22.3. The van der Waals surface area contributed by atoms with E-state index in [-0.39, 0.29) is 18.2 Å². The fraction of sp³-hybridized carbons (Fsp3) is 0.333. The molecule has 1 amide bonds. The van der Waals surface area contributed by atoms with E-state index in [1.165, 1.54) is 6.08 Å². The maximum absolute atomic E-state index is 11.7. The largest absolute Gasteiger partial charge is 0.481 e. The van der Waals surface area contributed by atoms with Gasteiger partial charge in [-0.2, -0.15) is 0 Å². The van der Waals surface area contributed by atoms with Gasteiger partial charge in [-0.05, 0) is 35.8 Å². The second-order valence-corrected chi connectivity index (χ2v) is 5.46. The van der Waals surface area contributed by atoms with Crippen molar-refractivity contribution in [2.75, 3.05) is 6.54 Å². The van der Waals surface area contributed by atoms with Gasteiger partial charge in [-0.1, -0.05) is 36.5 Å². The molecule has 114 valence electrons. The van der Waals surface area contributed by atoms with Gasteiger partial charge >= 0.3 is 5.97 Å². The number of nitrogens with one attached hydrogen (secondary N) is 1. The minimum absolute atomic E-state index is 0.0423. The van der Waals surface area contributed by atoms with E-state index in [0.29, 0.717) is 28.6 Å². The van der Waals surface area contributed by atoms with Crippen molar-refractivity contribution in [1.82, 2.24) is 5.32 Å². The molecule has 1 aromatic rings. The molecular formula is C15H17Cl2NO3. The highest BCUT2D eigenvalue weighted by Crippen LogP contribution is 2.21. The highest BCUT2D eigenvalue weighted by Gasteiger charge is 2.11. The molecule has 0 aliphatic carbocycles. The molecule has 0 saturated carbocycles. The Balaban J connectivity index is 2.55. The molecular weight excluding hydrogens is 313 g/mol. The first-order chi connectivity index (χ1) is 9.92. The molecule has 1 unspecified atom stereocenters. The lowest BCUT2D eigenvalue weighted by Crippen LogP contribution is -2.28. The van der Waals surface area contributed by atoms with Gasteiger partial charge in [0.1, 0.15) is 0 Å². The maximum atomic E-state index is 11.7. The van der Waals surface area contributed by atoms with E-state index >= 15 is 0 Å². The maximum Gasteiger partial charge on any atom is 0.303 e. The van der Waals surface area contributed by atoms with Crippen LogP contribution in [-0.4, -0.2) is 23.5 Å². The van der Waals surface area contributed by atoms with Crippen molar-refractivity contribution in [2.45, 2.75) is 19.8 Å². The minimum Gasteiger partial charge on any atom is -0.481 e. The minimum atomic E-state index is -0.864. The molecule has 0 fully saturated rings. The first-order valence-corrected chi connectivity index (χ1v) is 7.30. The van der Waals surface area contributed by atoms with Crippen LogP contribution in [0, 0.1) is 5.92 Å². The van der Waals surface area contributed by atoms with E-state index in [2.05, 4.69) is 5.32 Å². The molecule has 6 heteroatoms. The fourth-order valence-electron chi connectivity index (χ4n) is 1.72. The zero-order chi connectivity index (χ0) is 15.8. The molecule has 1 aromatic carbocycles. The van der Waals surface area contributed by atoms with Gasteiger partial charge in [0.05, 0.1) is 0 Å². The van der Waals surface area contributed by atoms with Gasteiger partial charge in [-0.25, -0.2) is 0 Å². The predicted molar refractivity (Wildman–Crippen MR) is 84.5 cm³/mol. The van der Waals surface area contributed by atoms with Gasteiger partial charge in [-0.3, -0.25) is 9.59 Å². The average Bonchev–Trinajstić information content (AvgIpc) is 2.44. The number of carboxylic acids is 1. The molecule has 0 aromatic heterocycles. The fourth-order valence-corrected chi connectivity index (χ4v) is 2.08. The van der Waals surface area contributed by atoms with Crippen molar-refractivity contribution in [2.24, 2.45) is 5.92 Å². The standard InChI is InChI=1S/C15H17Cl2NO3/c1-2-10(7-15(20)21)9-18-14(19)6-3-11-8-12(16)4-5-13(11)17/h3-6,8,10H,2,7,9H2,1H3,(H,18,19)(H,20,21)/b6-3+. The molecule has 1 atom stereocenters. The zero-order valence-electron chi connectivity index (χ0n) is 11.6. The van der Waals surface area contributed by atoms with Crippen molar-refractivity contribution in [3.8, 4) is 0 Å². The van der Waals surface area contributed by atoms with Crippen LogP contribution in [-0.2, 0) is 9.59 Å². The highest BCUT2D eigenvalue weighted by molar-refractivity contribution is 6.34. The van der Waals surface area contributed by atoms with E-state index in [0.717, 1.165) is 0 Å². The molecule has 0 heterocycles. The number of halogens is 2. The first kappa shape index (κ1) is 17.5. The van der Waals surface area contributed by atoms with Gasteiger partial charge in [0.25, 0.3) is 0 Å². The Morgan fingerprint density at radius 3 is 2.71 bits per heavy atom. The summed E-state index contributed by atoms with van der Waals surface area (Å²) in [7, 11) is 0. The summed E-state index contributed by atoms with van der Waals surface area (Å²) >= 11 is 11.8. The third-order valence-electron chi connectivity index (χ3n) is 2.98. The molecule has 4 nitrogen and oxygen atoms in total. The van der Waals surface area contributed by atoms with Gasteiger partial charge < -0.3 is 10.4 Å². The summed E-state index contributed by atoms with van der Waals surface area (Å²) in [5.41, 5.74) is 0.650. The van der Waals surface area contributed by atoms with E-state index in [1.807, 2.05) is 6.92 Å². The normalized spacial score (nSPS) is 12.3. The van der Waals surface area contributed by atoms with Crippen molar-refractivity contribution in [1.29, 1.82) is 0 Å². The molecule has 0 spiro atoms. The van der Waals surface area contributed by atoms with Gasteiger partial charge in [0, 0.05) is 29.1 Å². The summed E-state index contributed by atoms with van der Waals surface area (Å²) in [6.45, 7) is 2.22. The van der Waals surface area contributed by atoms with Gasteiger partial charge in [0.2, 0.25) is 5.91 Å². The van der Waals surface area contributed by atoms with E-state index in [4.69, 9.17) is 28.3 Å². The summed E-state index contributed by atoms with van der Waals surface area (Å²) in [6.07, 6.45) is 3.66. The molecule has 0 aliphatic heterocycles. The summed E-state index contributed by atoms with van der Waals surface area (Å²) in [5.74, 6) is -1.23. The molecule has 21 heavy (non-hydrogen) atoms. The van der Waals surface area contributed by atoms with Crippen LogP contribution < -0.4 is 5.32 Å². The Hall–Kier alpha value is -1.52. The van der Waals surface area contributed by atoms with Crippen LogP contribution >= 0.6 is 23.2 Å². The summed E-state index contributed by atoms with van der Waals surface area (Å²) < 4.78 is 0. The third kappa shape index (κ3) is 6.65. The molecule has 0 bridgehead atoms. The number of amides is 1. The van der Waals surface area contributed by atoms with Crippen LogP contribution in [0.2, 0.25) is 10.0 Å². The Bertz CT molecular complexity index is 544. The molecule has 1 rings (SSSR count). The number of rotatable bonds is 7. The van der Waals surface area contributed by atoms with E-state index in [1.54, 1.807) is 24.3 Å². The molecule has 0 aliphatic rings. The zero-order valence-corrected chi connectivity index (χ0v) is 13.1. The van der Waals surface area contributed by atoms with Gasteiger partial charge in [-0.15, -0.1) is 0 Å². The van der Waals surface area contributed by atoms with Crippen LogP contribution in [0.3, 0.4) is 0 Å². The third-order valence-corrected chi connectivity index (χ3v) is 3.56. The summed E-state index contributed by atoms with van der Waals surface area (Å²) in [6, 6.07) is 4.98. The Morgan fingerprint density at radius 1 is 1.38 bits per heavy atom. The number of aliphatic carboxylic acids is 1. The van der Waals surface area contributed by atoms with Crippen molar-refractivity contribution in [3.05, 3.63) is 39.9 Å². The van der Waals surface area contributed by atoms with E-state index in [9.17, 15) is 9.59 Å². The summed E-state index contributed by atoms with van der Waals surface area (Å²) in [5, 5.41) is 12.4. The molecule has 0 saturated heterocycles. The smallest absolute Gasteiger partial charge is 0.303 e. The average molecular weight is 330 g/mol. The Labute approximate surface area is 133 Å². The lowest BCUT2D eigenvalue weighted by molar-refractivity contribution is -0.138. The van der Waals surface area contributed by atoms with Gasteiger partial charge in [0.15, 0.2) is 0 Å². The highest BCUT2D eigenvalue weighted by atomic mass is 35.5. The lowest BCUT2D eigenvalue weighted by Gasteiger charge is -2.12. The number of carbonyl (C=O) groups is 2. The second kappa shape index (κ2) is 8.70. The first-order valence-electron chi connectivity index (χ1n) is 6.55. The Morgan fingerprint density at radius 2 is 2.10 bits per heavy atom. The number of carbonyl (C=O) groups excluding carboxylic acids is 1. The number of carboxylic acid groups (broad SMARTS) is 1. The van der Waals surface area contributed by atoms with Crippen LogP contribution in [0.25, 0.3) is 6.08 Å². The molecule has 0 radical (unpaired) electrons. The van der Waals surface area contributed by atoms with Crippen molar-refractivity contribution >= 4 is 41.2 Å². The Kier molecular flexibility index (Phi) is 7.26. The predicted octanol–water partition coefficient (Wildman–Crippen LogP) is 3.62. The van der Waals surface area contributed by atoms with Crippen LogP contribution in [0.5, 0.6) is 0 Å². The molecule has 2 N–H and O–H groups in total. The second-order valence-electron chi connectivity index (χ2n) is 4.62. The number of hydrogen-bond donors (Lipinski definition) is 2. The van der Waals surface area contributed by atoms with E-state index < -0.39 is 5.97 Å². The monoisotopic (exact) mass is 329 g/mol. The SMILES string of the molecule is CCC(CNC(=O)/C=C/c1cc(Cl)ccc1Cl)CC(=O)O. The van der Waals surface area contributed by atoms with Crippen LogP contribution in [0.4, 0.5) is 0 Å². The van der Waals surface area contributed by atoms with Crippen LogP contribution in [0.15, 0.2) is 24.3 Å². The lowest BCUT2D eigenvalue weighted by atomic mass is 10.0. The quantitative estimate of drug-likeness (QED) is 0.751. The van der Waals surface area contributed by atoms with Crippen LogP contribution in [0.1, 0.15) is 25.3 Å².